The molecule has 122 valence electrons. The van der Waals surface area contributed by atoms with E-state index in [0.29, 0.717) is 15.8 Å². The molecule has 0 aliphatic rings. The Kier molecular flexibility index (Phi) is 5.46. The molecule has 0 aliphatic heterocycles. The van der Waals surface area contributed by atoms with E-state index in [1.807, 2.05) is 0 Å². The van der Waals surface area contributed by atoms with Crippen molar-refractivity contribution in [2.75, 3.05) is 13.2 Å². The van der Waals surface area contributed by atoms with Gasteiger partial charge in [-0.2, -0.15) is 0 Å². The second-order valence-corrected chi connectivity index (χ2v) is 5.94. The van der Waals surface area contributed by atoms with Gasteiger partial charge < -0.3 is 15.2 Å². The first kappa shape index (κ1) is 17.1. The first-order valence-electron chi connectivity index (χ1n) is 6.85. The van der Waals surface area contributed by atoms with E-state index in [-0.39, 0.29) is 19.0 Å². The molecular weight excluding hydrogens is 321 g/mol. The van der Waals surface area contributed by atoms with Gasteiger partial charge in [0, 0.05) is 4.70 Å². The van der Waals surface area contributed by atoms with Crippen molar-refractivity contribution in [2.45, 2.75) is 13.0 Å². The molecule has 0 saturated carbocycles. The van der Waals surface area contributed by atoms with Crippen LogP contribution in [0.3, 0.4) is 0 Å². The van der Waals surface area contributed by atoms with Crippen LogP contribution >= 0.6 is 11.3 Å². The SMILES string of the molecule is C=CCOCC(NC(=O)c1sc2ccc(F)cc2c1C)C(=O)O. The number of carboxylic acids is 1. The molecule has 0 fully saturated rings. The van der Waals surface area contributed by atoms with Gasteiger partial charge in [-0.15, -0.1) is 17.9 Å². The summed E-state index contributed by atoms with van der Waals surface area (Å²) in [6.45, 7) is 5.20. The topological polar surface area (TPSA) is 75.6 Å². The molecule has 0 spiro atoms. The molecule has 1 unspecified atom stereocenters. The van der Waals surface area contributed by atoms with E-state index >= 15 is 0 Å². The summed E-state index contributed by atoms with van der Waals surface area (Å²) in [5.74, 6) is -2.09. The molecule has 2 rings (SSSR count). The Morgan fingerprint density at radius 3 is 2.91 bits per heavy atom. The first-order chi connectivity index (χ1) is 10.9. The standard InChI is InChI=1S/C16H16FNO4S/c1-3-6-22-8-12(16(20)21)18-15(19)14-9(2)11-7-10(17)4-5-13(11)23-14/h3-5,7,12H,1,6,8H2,2H3,(H,18,19)(H,20,21). The van der Waals surface area contributed by atoms with Crippen molar-refractivity contribution in [3.05, 3.63) is 47.1 Å². The Labute approximate surface area is 136 Å². The smallest absolute Gasteiger partial charge is 0.328 e. The minimum atomic E-state index is -1.19. The highest BCUT2D eigenvalue weighted by Gasteiger charge is 2.23. The fourth-order valence-electron chi connectivity index (χ4n) is 2.08. The normalized spacial score (nSPS) is 12.1. The van der Waals surface area contributed by atoms with Crippen LogP contribution in [0.4, 0.5) is 4.39 Å². The van der Waals surface area contributed by atoms with Crippen molar-refractivity contribution in [1.29, 1.82) is 0 Å². The van der Waals surface area contributed by atoms with Gasteiger partial charge in [-0.3, -0.25) is 4.79 Å². The van der Waals surface area contributed by atoms with E-state index in [0.717, 1.165) is 4.70 Å². The van der Waals surface area contributed by atoms with Crippen LogP contribution in [0.15, 0.2) is 30.9 Å². The van der Waals surface area contributed by atoms with E-state index in [9.17, 15) is 14.0 Å². The molecule has 2 N–H and O–H groups in total. The highest BCUT2D eigenvalue weighted by molar-refractivity contribution is 7.21. The van der Waals surface area contributed by atoms with Gasteiger partial charge in [-0.1, -0.05) is 6.08 Å². The van der Waals surface area contributed by atoms with Gasteiger partial charge in [0.1, 0.15) is 5.82 Å². The van der Waals surface area contributed by atoms with Crippen LogP contribution in [-0.4, -0.2) is 36.2 Å². The number of carboxylic acid groups (broad SMARTS) is 1. The van der Waals surface area contributed by atoms with Gasteiger partial charge in [0.15, 0.2) is 6.04 Å². The van der Waals surface area contributed by atoms with Crippen LogP contribution in [0.2, 0.25) is 0 Å². The number of ether oxygens (including phenoxy) is 1. The van der Waals surface area contributed by atoms with E-state index < -0.39 is 17.9 Å². The fraction of sp³-hybridized carbons (Fsp3) is 0.250. The minimum Gasteiger partial charge on any atom is -0.480 e. The third kappa shape index (κ3) is 3.94. The molecule has 1 heterocycles. The predicted octanol–water partition coefficient (Wildman–Crippen LogP) is 2.73. The summed E-state index contributed by atoms with van der Waals surface area (Å²) in [5, 5.41) is 12.2. The maximum atomic E-state index is 13.3. The molecule has 1 amide bonds. The molecule has 5 nitrogen and oxygen atoms in total. The fourth-order valence-corrected chi connectivity index (χ4v) is 3.17. The average molecular weight is 337 g/mol. The van der Waals surface area contributed by atoms with Crippen LogP contribution in [0.1, 0.15) is 15.2 Å². The van der Waals surface area contributed by atoms with Crippen LogP contribution in [0.5, 0.6) is 0 Å². The summed E-state index contributed by atoms with van der Waals surface area (Å²) in [5.41, 5.74) is 0.623. The molecule has 23 heavy (non-hydrogen) atoms. The molecule has 1 atom stereocenters. The Morgan fingerprint density at radius 1 is 1.52 bits per heavy atom. The maximum absolute atomic E-state index is 13.3. The van der Waals surface area contributed by atoms with Gasteiger partial charge in [0.05, 0.1) is 18.1 Å². The lowest BCUT2D eigenvalue weighted by molar-refractivity contribution is -0.140. The molecule has 0 aliphatic carbocycles. The van der Waals surface area contributed by atoms with Crippen molar-refractivity contribution in [2.24, 2.45) is 0 Å². The summed E-state index contributed by atoms with van der Waals surface area (Å²) < 4.78 is 19.2. The number of aliphatic carboxylic acids is 1. The number of hydrogen-bond donors (Lipinski definition) is 2. The van der Waals surface area contributed by atoms with Crippen LogP contribution < -0.4 is 5.32 Å². The number of amides is 1. The lowest BCUT2D eigenvalue weighted by Gasteiger charge is -2.14. The number of benzene rings is 1. The summed E-state index contributed by atoms with van der Waals surface area (Å²) in [6.07, 6.45) is 1.49. The van der Waals surface area contributed by atoms with E-state index in [4.69, 9.17) is 9.84 Å². The van der Waals surface area contributed by atoms with Crippen molar-refractivity contribution >= 4 is 33.3 Å². The zero-order chi connectivity index (χ0) is 17.0. The van der Waals surface area contributed by atoms with E-state index in [1.54, 1.807) is 13.0 Å². The van der Waals surface area contributed by atoms with Crippen LogP contribution in [0, 0.1) is 12.7 Å². The molecule has 2 aromatic rings. The Morgan fingerprint density at radius 2 is 2.26 bits per heavy atom. The molecule has 0 radical (unpaired) electrons. The lowest BCUT2D eigenvalue weighted by Crippen LogP contribution is -2.44. The van der Waals surface area contributed by atoms with Gasteiger partial charge in [0.2, 0.25) is 0 Å². The van der Waals surface area contributed by atoms with E-state index in [2.05, 4.69) is 11.9 Å². The van der Waals surface area contributed by atoms with Crippen molar-refractivity contribution in [3.63, 3.8) is 0 Å². The van der Waals surface area contributed by atoms with Crippen LogP contribution in [-0.2, 0) is 9.53 Å². The summed E-state index contributed by atoms with van der Waals surface area (Å²) >= 11 is 1.19. The third-order valence-electron chi connectivity index (χ3n) is 3.23. The van der Waals surface area contributed by atoms with Gasteiger partial charge in [-0.25, -0.2) is 9.18 Å². The van der Waals surface area contributed by atoms with Crippen molar-refractivity contribution in [3.8, 4) is 0 Å². The van der Waals surface area contributed by atoms with Crippen molar-refractivity contribution < 1.29 is 23.8 Å². The maximum Gasteiger partial charge on any atom is 0.328 e. The number of carbonyl (C=O) groups excluding carboxylic acids is 1. The number of halogens is 1. The molecule has 1 aromatic heterocycles. The zero-order valence-electron chi connectivity index (χ0n) is 12.5. The van der Waals surface area contributed by atoms with E-state index in [1.165, 1.54) is 29.5 Å². The number of thiophene rings is 1. The molecule has 0 saturated heterocycles. The van der Waals surface area contributed by atoms with Gasteiger partial charge in [-0.05, 0) is 36.1 Å². The zero-order valence-corrected chi connectivity index (χ0v) is 13.3. The third-order valence-corrected chi connectivity index (χ3v) is 4.50. The highest BCUT2D eigenvalue weighted by atomic mass is 32.1. The van der Waals surface area contributed by atoms with Crippen molar-refractivity contribution in [1.82, 2.24) is 5.32 Å². The average Bonchev–Trinajstić information content (AvgIpc) is 2.83. The number of carbonyl (C=O) groups is 2. The number of aryl methyl sites for hydroxylation is 1. The predicted molar refractivity (Wildman–Crippen MR) is 86.4 cm³/mol. The van der Waals surface area contributed by atoms with Gasteiger partial charge >= 0.3 is 5.97 Å². The Hall–Kier alpha value is -2.25. The number of nitrogens with one attached hydrogen (secondary N) is 1. The summed E-state index contributed by atoms with van der Waals surface area (Å²) in [4.78, 5) is 23.9. The quantitative estimate of drug-likeness (QED) is 0.602. The number of fused-ring (bicyclic) bond motifs is 1. The first-order valence-corrected chi connectivity index (χ1v) is 7.66. The Bertz CT molecular complexity index is 756. The largest absolute Gasteiger partial charge is 0.480 e. The minimum absolute atomic E-state index is 0.161. The number of hydrogen-bond acceptors (Lipinski definition) is 4. The highest BCUT2D eigenvalue weighted by Crippen LogP contribution is 2.31. The van der Waals surface area contributed by atoms with Gasteiger partial charge in [0.25, 0.3) is 5.91 Å². The molecule has 7 heteroatoms. The molecule has 0 bridgehead atoms. The second kappa shape index (κ2) is 7.34. The Balaban J connectivity index is 2.20. The molecule has 1 aromatic carbocycles. The lowest BCUT2D eigenvalue weighted by atomic mass is 10.1. The second-order valence-electron chi connectivity index (χ2n) is 4.89. The summed E-state index contributed by atoms with van der Waals surface area (Å²) in [7, 11) is 0. The number of rotatable bonds is 7. The summed E-state index contributed by atoms with van der Waals surface area (Å²) in [6, 6.07) is 3.12. The molecular formula is C16H16FNO4S. The van der Waals surface area contributed by atoms with Crippen LogP contribution in [0.25, 0.3) is 10.1 Å². The monoisotopic (exact) mass is 337 g/mol.